The smallest absolute Gasteiger partial charge is 0.331 e. The zero-order valence-electron chi connectivity index (χ0n) is 18.9. The average Bonchev–Trinajstić information content (AvgIpc) is 2.78. The fraction of sp³-hybridized carbons (Fsp3) is 0.280. The van der Waals surface area contributed by atoms with Crippen molar-refractivity contribution in [2.24, 2.45) is 0 Å². The minimum absolute atomic E-state index is 0.285. The molecule has 1 aromatic heterocycles. The first-order valence-electron chi connectivity index (χ1n) is 10.8. The molecule has 0 saturated carbocycles. The van der Waals surface area contributed by atoms with Crippen LogP contribution in [-0.2, 0) is 26.9 Å². The number of hydrogen-bond donors (Lipinski definition) is 3. The summed E-state index contributed by atoms with van der Waals surface area (Å²) in [7, 11) is -4.31. The molecule has 3 rings (SSSR count). The van der Waals surface area contributed by atoms with Gasteiger partial charge in [0.2, 0.25) is 0 Å². The van der Waals surface area contributed by atoms with E-state index >= 15 is 0 Å². The summed E-state index contributed by atoms with van der Waals surface area (Å²) < 4.78 is 31.5. The highest BCUT2D eigenvalue weighted by Gasteiger charge is 2.28. The van der Waals surface area contributed by atoms with Crippen LogP contribution in [0.3, 0.4) is 0 Å². The quantitative estimate of drug-likeness (QED) is 0.346. The molecule has 3 aromatic rings. The lowest BCUT2D eigenvalue weighted by molar-refractivity contribution is -0.138. The Kier molecular flexibility index (Phi) is 8.33. The van der Waals surface area contributed by atoms with Crippen molar-refractivity contribution in [3.8, 4) is 22.4 Å². The summed E-state index contributed by atoms with van der Waals surface area (Å²) >= 11 is 0. The maximum atomic E-state index is 13.6. The van der Waals surface area contributed by atoms with Crippen molar-refractivity contribution < 1.29 is 33.4 Å². The fourth-order valence-electron chi connectivity index (χ4n) is 3.86. The maximum Gasteiger partial charge on any atom is 0.331 e. The summed E-state index contributed by atoms with van der Waals surface area (Å²) in [6.45, 7) is 3.50. The molecule has 0 fully saturated rings. The lowest BCUT2D eigenvalue weighted by atomic mass is 9.91. The lowest BCUT2D eigenvalue weighted by Gasteiger charge is -2.22. The number of nitrogens with zero attached hydrogens (tertiary/aromatic N) is 1. The van der Waals surface area contributed by atoms with Gasteiger partial charge < -0.3 is 19.6 Å². The molecule has 2 atom stereocenters. The van der Waals surface area contributed by atoms with Crippen LogP contribution in [0.4, 0.5) is 4.39 Å². The summed E-state index contributed by atoms with van der Waals surface area (Å²) in [5.41, 5.74) is 5.08. The first kappa shape index (κ1) is 25.7. The molecule has 0 bridgehead atoms. The molecule has 9 heteroatoms. The molecule has 0 radical (unpaired) electrons. The van der Waals surface area contributed by atoms with Crippen molar-refractivity contribution >= 4 is 13.6 Å². The van der Waals surface area contributed by atoms with Gasteiger partial charge in [-0.25, -0.2) is 4.39 Å². The second-order valence-corrected chi connectivity index (χ2v) is 9.86. The Labute approximate surface area is 197 Å². The average molecular weight is 487 g/mol. The van der Waals surface area contributed by atoms with E-state index in [1.54, 1.807) is 12.1 Å². The Hall–Kier alpha value is -2.90. The molecule has 180 valence electrons. The van der Waals surface area contributed by atoms with Crippen LogP contribution in [0.25, 0.3) is 22.4 Å². The Morgan fingerprint density at radius 1 is 1.12 bits per heavy atom. The number of aliphatic carboxylic acids is 1. The first-order valence-corrected chi connectivity index (χ1v) is 12.6. The number of halogens is 1. The van der Waals surface area contributed by atoms with E-state index in [1.165, 1.54) is 12.1 Å². The van der Waals surface area contributed by atoms with Gasteiger partial charge in [0.1, 0.15) is 5.82 Å². The summed E-state index contributed by atoms with van der Waals surface area (Å²) in [6, 6.07) is 15.5. The standard InChI is InChI=1S/C25H27FNO6P/c1-3-22-21(14-33-34(31,32)15-20(28)13-23(29)30)24(17-9-11-19(26)12-10-17)16(2)25(27-22)18-7-5-4-6-8-18/h4-12,20,28H,3,13-15H2,1-2H3,(H,29,30)(H,31,32)/t20-/m1/s1. The highest BCUT2D eigenvalue weighted by Crippen LogP contribution is 2.45. The molecule has 0 aliphatic heterocycles. The first-order chi connectivity index (χ1) is 16.1. The summed E-state index contributed by atoms with van der Waals surface area (Å²) in [5, 5.41) is 18.6. The van der Waals surface area contributed by atoms with Crippen molar-refractivity contribution in [1.29, 1.82) is 0 Å². The number of pyridine rings is 1. The second kappa shape index (κ2) is 11.0. The van der Waals surface area contributed by atoms with Crippen molar-refractivity contribution in [2.75, 3.05) is 6.16 Å². The monoisotopic (exact) mass is 487 g/mol. The minimum atomic E-state index is -4.31. The van der Waals surface area contributed by atoms with Crippen molar-refractivity contribution in [1.82, 2.24) is 4.98 Å². The number of carboxylic acids is 1. The van der Waals surface area contributed by atoms with Crippen molar-refractivity contribution in [3.05, 3.63) is 77.2 Å². The zero-order valence-corrected chi connectivity index (χ0v) is 19.8. The number of hydrogen-bond acceptors (Lipinski definition) is 5. The van der Waals surface area contributed by atoms with Gasteiger partial charge in [0, 0.05) is 16.8 Å². The molecular formula is C25H27FNO6P. The number of carboxylic acid groups (broad SMARTS) is 1. The number of aromatic nitrogens is 1. The Morgan fingerprint density at radius 3 is 2.35 bits per heavy atom. The van der Waals surface area contributed by atoms with Crippen LogP contribution < -0.4 is 0 Å². The van der Waals surface area contributed by atoms with Crippen LogP contribution in [0, 0.1) is 12.7 Å². The SMILES string of the molecule is CCc1nc(-c2ccccc2)c(C)c(-c2ccc(F)cc2)c1COP(=O)(O)C[C@H](O)CC(=O)O. The van der Waals surface area contributed by atoms with E-state index in [4.69, 9.17) is 14.6 Å². The highest BCUT2D eigenvalue weighted by molar-refractivity contribution is 7.52. The van der Waals surface area contributed by atoms with E-state index in [0.29, 0.717) is 23.2 Å². The molecule has 2 aromatic carbocycles. The Bertz CT molecular complexity index is 1200. The molecule has 34 heavy (non-hydrogen) atoms. The van der Waals surface area contributed by atoms with Crippen molar-refractivity contribution in [2.45, 2.75) is 39.4 Å². The fourth-order valence-corrected chi connectivity index (χ4v) is 4.96. The number of rotatable bonds is 10. The van der Waals surface area contributed by atoms with E-state index in [-0.39, 0.29) is 12.4 Å². The van der Waals surface area contributed by atoms with Gasteiger partial charge in [-0.15, -0.1) is 0 Å². The van der Waals surface area contributed by atoms with Gasteiger partial charge in [-0.05, 0) is 42.2 Å². The molecule has 1 heterocycles. The Morgan fingerprint density at radius 2 is 1.76 bits per heavy atom. The molecular weight excluding hydrogens is 460 g/mol. The van der Waals surface area contributed by atoms with Crippen LogP contribution in [0.15, 0.2) is 54.6 Å². The van der Waals surface area contributed by atoms with Gasteiger partial charge in [0.15, 0.2) is 0 Å². The topological polar surface area (TPSA) is 117 Å². The van der Waals surface area contributed by atoms with Crippen LogP contribution >= 0.6 is 7.60 Å². The summed E-state index contributed by atoms with van der Waals surface area (Å²) in [4.78, 5) is 25.8. The normalized spacial score (nSPS) is 13.9. The summed E-state index contributed by atoms with van der Waals surface area (Å²) in [6.07, 6.45) is -2.39. The van der Waals surface area contributed by atoms with Crippen LogP contribution in [0.2, 0.25) is 0 Å². The maximum absolute atomic E-state index is 13.6. The number of aryl methyl sites for hydroxylation is 1. The van der Waals surface area contributed by atoms with Crippen LogP contribution in [0.1, 0.15) is 30.2 Å². The zero-order chi connectivity index (χ0) is 24.9. The highest BCUT2D eigenvalue weighted by atomic mass is 31.2. The molecule has 0 aliphatic rings. The Balaban J connectivity index is 2.07. The predicted molar refractivity (Wildman–Crippen MR) is 127 cm³/mol. The van der Waals surface area contributed by atoms with Gasteiger partial charge in [-0.2, -0.15) is 0 Å². The number of benzene rings is 2. The molecule has 1 unspecified atom stereocenters. The third-order valence-corrected chi connectivity index (χ3v) is 6.82. The van der Waals surface area contributed by atoms with Gasteiger partial charge in [-0.1, -0.05) is 49.4 Å². The van der Waals surface area contributed by atoms with Gasteiger partial charge in [-0.3, -0.25) is 14.3 Å². The van der Waals surface area contributed by atoms with E-state index in [2.05, 4.69) is 0 Å². The molecule has 0 aliphatic carbocycles. The molecule has 0 saturated heterocycles. The third kappa shape index (κ3) is 6.36. The number of aliphatic hydroxyl groups is 1. The van der Waals surface area contributed by atoms with Gasteiger partial charge in [0.25, 0.3) is 0 Å². The molecule has 0 spiro atoms. The largest absolute Gasteiger partial charge is 0.481 e. The van der Waals surface area contributed by atoms with E-state index in [1.807, 2.05) is 44.2 Å². The minimum Gasteiger partial charge on any atom is -0.481 e. The van der Waals surface area contributed by atoms with Crippen molar-refractivity contribution in [3.63, 3.8) is 0 Å². The van der Waals surface area contributed by atoms with E-state index in [0.717, 1.165) is 22.4 Å². The van der Waals surface area contributed by atoms with Crippen LogP contribution in [0.5, 0.6) is 0 Å². The number of aliphatic hydroxyl groups excluding tert-OH is 1. The van der Waals surface area contributed by atoms with E-state index < -0.39 is 32.3 Å². The third-order valence-electron chi connectivity index (χ3n) is 5.40. The molecule has 3 N–H and O–H groups in total. The van der Waals surface area contributed by atoms with E-state index in [9.17, 15) is 23.7 Å². The van der Waals surface area contributed by atoms with Gasteiger partial charge in [0.05, 0.1) is 31.0 Å². The van der Waals surface area contributed by atoms with Crippen LogP contribution in [-0.4, -0.2) is 38.3 Å². The number of carbonyl (C=O) groups is 1. The predicted octanol–water partition coefficient (Wildman–Crippen LogP) is 4.96. The summed E-state index contributed by atoms with van der Waals surface area (Å²) in [5.74, 6) is -1.67. The molecule has 0 amide bonds. The second-order valence-electron chi connectivity index (χ2n) is 7.96. The lowest BCUT2D eigenvalue weighted by Crippen LogP contribution is -2.18. The molecule has 7 nitrogen and oxygen atoms in total. The van der Waals surface area contributed by atoms with Gasteiger partial charge >= 0.3 is 13.6 Å².